The maximum Gasteiger partial charge on any atom is 0.260 e. The molecule has 0 unspecified atom stereocenters. The van der Waals surface area contributed by atoms with Crippen molar-refractivity contribution in [2.45, 2.75) is 13.5 Å². The average Bonchev–Trinajstić information content (AvgIpc) is 3.27. The molecule has 0 radical (unpaired) electrons. The fourth-order valence-electron chi connectivity index (χ4n) is 3.84. The van der Waals surface area contributed by atoms with Crippen molar-refractivity contribution in [2.75, 3.05) is 4.90 Å². The van der Waals surface area contributed by atoms with E-state index in [2.05, 4.69) is 12.1 Å². The van der Waals surface area contributed by atoms with Crippen molar-refractivity contribution in [1.29, 1.82) is 0 Å². The highest BCUT2D eigenvalue weighted by Gasteiger charge is 2.22. The quantitative estimate of drug-likeness (QED) is 0.264. The number of carbonyl (C=O) groups excluding carboxylic acids is 1. The molecular weight excluding hydrogens is 448 g/mol. The van der Waals surface area contributed by atoms with Crippen molar-refractivity contribution in [3.63, 3.8) is 0 Å². The van der Waals surface area contributed by atoms with Crippen LogP contribution in [-0.2, 0) is 6.54 Å². The second kappa shape index (κ2) is 9.18. The molecule has 0 N–H and O–H groups in total. The van der Waals surface area contributed by atoms with Gasteiger partial charge in [0.15, 0.2) is 5.13 Å². The lowest BCUT2D eigenvalue weighted by atomic mass is 10.0. The smallest absolute Gasteiger partial charge is 0.260 e. The summed E-state index contributed by atoms with van der Waals surface area (Å²) in [5.41, 5.74) is 5.74. The molecule has 0 aliphatic heterocycles. The molecule has 5 rings (SSSR count). The van der Waals surface area contributed by atoms with E-state index in [0.717, 1.165) is 32.5 Å². The minimum atomic E-state index is -0.0822. The number of aryl methyl sites for hydroxylation is 1. The van der Waals surface area contributed by atoms with E-state index < -0.39 is 0 Å². The summed E-state index contributed by atoms with van der Waals surface area (Å²) >= 11 is 7.75. The van der Waals surface area contributed by atoms with Crippen LogP contribution in [0.2, 0.25) is 5.02 Å². The molecule has 3 nitrogen and oxygen atoms in total. The van der Waals surface area contributed by atoms with Crippen LogP contribution in [0.1, 0.15) is 21.5 Å². The van der Waals surface area contributed by atoms with Crippen LogP contribution in [0.5, 0.6) is 0 Å². The molecule has 0 saturated heterocycles. The van der Waals surface area contributed by atoms with E-state index in [-0.39, 0.29) is 5.91 Å². The van der Waals surface area contributed by atoms with Gasteiger partial charge >= 0.3 is 0 Å². The topological polar surface area (TPSA) is 33.2 Å². The number of carbonyl (C=O) groups is 1. The van der Waals surface area contributed by atoms with Crippen molar-refractivity contribution in [3.05, 3.63) is 119 Å². The minimum Gasteiger partial charge on any atom is -0.279 e. The maximum atomic E-state index is 13.7. The van der Waals surface area contributed by atoms with Gasteiger partial charge in [0.2, 0.25) is 0 Å². The Labute approximate surface area is 201 Å². The third-order valence-corrected chi connectivity index (χ3v) is 6.78. The molecular formula is C28H21ClN2OS. The highest BCUT2D eigenvalue weighted by molar-refractivity contribution is 7.22. The first-order valence-electron chi connectivity index (χ1n) is 10.7. The van der Waals surface area contributed by atoms with Crippen LogP contribution in [0.3, 0.4) is 0 Å². The van der Waals surface area contributed by atoms with Crippen LogP contribution >= 0.6 is 22.9 Å². The molecule has 0 saturated carbocycles. The molecule has 0 aliphatic carbocycles. The summed E-state index contributed by atoms with van der Waals surface area (Å²) in [6.07, 6.45) is 0. The van der Waals surface area contributed by atoms with Crippen LogP contribution in [0.25, 0.3) is 21.3 Å². The van der Waals surface area contributed by atoms with Crippen LogP contribution in [-0.4, -0.2) is 10.9 Å². The van der Waals surface area contributed by atoms with Crippen molar-refractivity contribution in [1.82, 2.24) is 4.98 Å². The first-order chi connectivity index (χ1) is 16.1. The molecule has 0 spiro atoms. The molecule has 0 fully saturated rings. The Balaban J connectivity index is 1.53. The van der Waals surface area contributed by atoms with Crippen LogP contribution in [0.4, 0.5) is 5.13 Å². The summed E-state index contributed by atoms with van der Waals surface area (Å²) in [5.74, 6) is -0.0822. The van der Waals surface area contributed by atoms with Gasteiger partial charge in [-0.2, -0.15) is 0 Å². The Morgan fingerprint density at radius 3 is 2.21 bits per heavy atom. The lowest BCUT2D eigenvalue weighted by Crippen LogP contribution is -2.30. The third kappa shape index (κ3) is 4.54. The SMILES string of the molecule is Cc1cc(Cl)cc2sc(N(Cc3ccccc3)C(=O)c3ccc(-c4ccccc4)cc3)nc12. The molecule has 162 valence electrons. The normalized spacial score (nSPS) is 11.0. The number of thiazole rings is 1. The van der Waals surface area contributed by atoms with Gasteiger partial charge in [0.1, 0.15) is 0 Å². The molecule has 0 bridgehead atoms. The zero-order valence-corrected chi connectivity index (χ0v) is 19.6. The van der Waals surface area contributed by atoms with Crippen LogP contribution in [0.15, 0.2) is 97.1 Å². The van der Waals surface area contributed by atoms with Gasteiger partial charge in [-0.1, -0.05) is 95.7 Å². The zero-order valence-electron chi connectivity index (χ0n) is 18.0. The maximum absolute atomic E-state index is 13.7. The number of aromatic nitrogens is 1. The van der Waals surface area contributed by atoms with Gasteiger partial charge in [-0.25, -0.2) is 4.98 Å². The number of halogens is 1. The number of anilines is 1. The van der Waals surface area contributed by atoms with Gasteiger partial charge in [0, 0.05) is 10.6 Å². The zero-order chi connectivity index (χ0) is 22.8. The van der Waals surface area contributed by atoms with Gasteiger partial charge in [-0.3, -0.25) is 9.69 Å². The number of rotatable bonds is 5. The van der Waals surface area contributed by atoms with Crippen molar-refractivity contribution >= 4 is 44.2 Å². The van der Waals surface area contributed by atoms with Crippen molar-refractivity contribution in [3.8, 4) is 11.1 Å². The fraction of sp³-hybridized carbons (Fsp3) is 0.0714. The van der Waals surface area contributed by atoms with Gasteiger partial charge in [0.05, 0.1) is 16.8 Å². The Morgan fingerprint density at radius 1 is 0.879 bits per heavy atom. The highest BCUT2D eigenvalue weighted by atomic mass is 35.5. The monoisotopic (exact) mass is 468 g/mol. The average molecular weight is 469 g/mol. The van der Waals surface area contributed by atoms with Crippen LogP contribution < -0.4 is 4.90 Å². The first kappa shape index (κ1) is 21.4. The number of benzene rings is 4. The predicted molar refractivity (Wildman–Crippen MR) is 138 cm³/mol. The summed E-state index contributed by atoms with van der Waals surface area (Å²) < 4.78 is 0.972. The second-order valence-corrected chi connectivity index (χ2v) is 9.33. The molecule has 1 amide bonds. The minimum absolute atomic E-state index is 0.0822. The van der Waals surface area contributed by atoms with Crippen molar-refractivity contribution in [2.24, 2.45) is 0 Å². The van der Waals surface area contributed by atoms with E-state index >= 15 is 0 Å². The molecule has 5 aromatic rings. The lowest BCUT2D eigenvalue weighted by Gasteiger charge is -2.20. The fourth-order valence-corrected chi connectivity index (χ4v) is 5.26. The van der Waals surface area contributed by atoms with E-state index in [0.29, 0.717) is 22.3 Å². The second-order valence-electron chi connectivity index (χ2n) is 7.89. The van der Waals surface area contributed by atoms with Gasteiger partial charge in [-0.05, 0) is 53.4 Å². The van der Waals surface area contributed by atoms with Gasteiger partial charge in [-0.15, -0.1) is 0 Å². The highest BCUT2D eigenvalue weighted by Crippen LogP contribution is 2.34. The molecule has 1 heterocycles. The van der Waals surface area contributed by atoms with Crippen LogP contribution in [0, 0.1) is 6.92 Å². The third-order valence-electron chi connectivity index (χ3n) is 5.54. The Kier molecular flexibility index (Phi) is 5.95. The van der Waals surface area contributed by atoms with E-state index in [9.17, 15) is 4.79 Å². The molecule has 0 aliphatic rings. The van der Waals surface area contributed by atoms with E-state index in [1.807, 2.05) is 91.9 Å². The van der Waals surface area contributed by atoms with Gasteiger partial charge in [0.25, 0.3) is 5.91 Å². The van der Waals surface area contributed by atoms with E-state index in [1.165, 1.54) is 11.3 Å². The standard InChI is InChI=1S/C28H21ClN2OS/c1-19-16-24(29)17-25-26(19)30-28(33-25)31(18-20-8-4-2-5-9-20)27(32)23-14-12-22(13-15-23)21-10-6-3-7-11-21/h2-17H,18H2,1H3. The molecule has 33 heavy (non-hydrogen) atoms. The Hall–Kier alpha value is -3.47. The van der Waals surface area contributed by atoms with E-state index in [4.69, 9.17) is 16.6 Å². The Bertz CT molecular complexity index is 1410. The predicted octanol–water partition coefficient (Wildman–Crippen LogP) is 7.77. The van der Waals surface area contributed by atoms with Crippen molar-refractivity contribution < 1.29 is 4.79 Å². The summed E-state index contributed by atoms with van der Waals surface area (Å²) in [6, 6.07) is 31.7. The number of amides is 1. The number of hydrogen-bond donors (Lipinski definition) is 0. The van der Waals surface area contributed by atoms with Gasteiger partial charge < -0.3 is 0 Å². The lowest BCUT2D eigenvalue weighted by molar-refractivity contribution is 0.0985. The number of nitrogens with zero attached hydrogens (tertiary/aromatic N) is 2. The first-order valence-corrected chi connectivity index (χ1v) is 11.9. The molecule has 1 aromatic heterocycles. The number of hydrogen-bond acceptors (Lipinski definition) is 3. The molecule has 5 heteroatoms. The summed E-state index contributed by atoms with van der Waals surface area (Å²) in [5, 5.41) is 1.34. The number of fused-ring (bicyclic) bond motifs is 1. The summed E-state index contributed by atoms with van der Waals surface area (Å²) in [4.78, 5) is 20.3. The van der Waals surface area contributed by atoms with E-state index in [1.54, 1.807) is 4.90 Å². The summed E-state index contributed by atoms with van der Waals surface area (Å²) in [7, 11) is 0. The molecule has 0 atom stereocenters. The summed E-state index contributed by atoms with van der Waals surface area (Å²) in [6.45, 7) is 2.43. The Morgan fingerprint density at radius 2 is 1.52 bits per heavy atom. The molecule has 4 aromatic carbocycles. The largest absolute Gasteiger partial charge is 0.279 e.